The van der Waals surface area contributed by atoms with Crippen molar-refractivity contribution in [3.05, 3.63) is 70.7 Å². The van der Waals surface area contributed by atoms with Gasteiger partial charge in [-0.25, -0.2) is 0 Å². The van der Waals surface area contributed by atoms with Crippen molar-refractivity contribution in [3.8, 4) is 0 Å². The van der Waals surface area contributed by atoms with E-state index < -0.39 is 27.6 Å². The van der Waals surface area contributed by atoms with E-state index in [2.05, 4.69) is 4.72 Å². The van der Waals surface area contributed by atoms with Crippen molar-refractivity contribution >= 4 is 27.8 Å². The molecule has 174 valence electrons. The summed E-state index contributed by atoms with van der Waals surface area (Å²) >= 11 is 5.89. The quantitative estimate of drug-likeness (QED) is 0.539. The standard InChI is InChI=1S/C23H29ClN2O5S/c1-3-21(18-7-5-4-6-8-18)23(2,22(27)28)25-32(29,30)26-14-13-20(15-26)31-16-17-9-11-19(24)12-10-17/h4-12,20-21,25H,3,13-16H2,1-2H3,(H,27,28)/t20?,21-,23+/m1/s1. The van der Waals surface area contributed by atoms with E-state index in [1.807, 2.05) is 49.4 Å². The Labute approximate surface area is 194 Å². The van der Waals surface area contributed by atoms with E-state index in [9.17, 15) is 18.3 Å². The molecule has 0 bridgehead atoms. The van der Waals surface area contributed by atoms with Crippen molar-refractivity contribution < 1.29 is 23.1 Å². The van der Waals surface area contributed by atoms with Gasteiger partial charge < -0.3 is 9.84 Å². The number of carbonyl (C=O) groups is 1. The molecule has 0 amide bonds. The SMILES string of the molecule is CC[C@H](c1ccccc1)[C@](C)(NS(=O)(=O)N1CCC(OCc2ccc(Cl)cc2)C1)C(=O)O. The van der Waals surface area contributed by atoms with Gasteiger partial charge in [-0.05, 0) is 43.0 Å². The molecule has 1 fully saturated rings. The molecule has 1 aliphatic rings. The summed E-state index contributed by atoms with van der Waals surface area (Å²) in [5.74, 6) is -1.75. The maximum Gasteiger partial charge on any atom is 0.325 e. The molecule has 0 radical (unpaired) electrons. The molecule has 0 aliphatic carbocycles. The second-order valence-corrected chi connectivity index (χ2v) is 10.3. The molecule has 0 aromatic heterocycles. The van der Waals surface area contributed by atoms with Gasteiger partial charge in [0.15, 0.2) is 0 Å². The topological polar surface area (TPSA) is 95.9 Å². The lowest BCUT2D eigenvalue weighted by Crippen LogP contribution is -2.59. The van der Waals surface area contributed by atoms with Gasteiger partial charge in [0.25, 0.3) is 10.2 Å². The van der Waals surface area contributed by atoms with Crippen LogP contribution in [-0.2, 0) is 26.3 Å². The number of nitrogens with one attached hydrogen (secondary N) is 1. The highest BCUT2D eigenvalue weighted by Gasteiger charge is 2.46. The maximum atomic E-state index is 13.1. The Hall–Kier alpha value is -1.97. The minimum Gasteiger partial charge on any atom is -0.480 e. The number of benzene rings is 2. The third kappa shape index (κ3) is 5.68. The smallest absolute Gasteiger partial charge is 0.325 e. The van der Waals surface area contributed by atoms with Crippen LogP contribution >= 0.6 is 11.6 Å². The number of hydrogen-bond donors (Lipinski definition) is 2. The van der Waals surface area contributed by atoms with Gasteiger partial charge in [0.05, 0.1) is 12.7 Å². The van der Waals surface area contributed by atoms with Crippen molar-refractivity contribution in [2.24, 2.45) is 0 Å². The van der Waals surface area contributed by atoms with E-state index >= 15 is 0 Å². The summed E-state index contributed by atoms with van der Waals surface area (Å²) < 4.78 is 35.9. The molecule has 1 saturated heterocycles. The molecule has 32 heavy (non-hydrogen) atoms. The summed E-state index contributed by atoms with van der Waals surface area (Å²) in [6, 6.07) is 16.4. The highest BCUT2D eigenvalue weighted by molar-refractivity contribution is 7.87. The monoisotopic (exact) mass is 480 g/mol. The largest absolute Gasteiger partial charge is 0.480 e. The molecule has 3 atom stereocenters. The van der Waals surface area contributed by atoms with E-state index in [0.29, 0.717) is 24.5 Å². The first-order valence-corrected chi connectivity index (χ1v) is 12.4. The Morgan fingerprint density at radius 3 is 2.50 bits per heavy atom. The fraction of sp³-hybridized carbons (Fsp3) is 0.435. The van der Waals surface area contributed by atoms with Crippen LogP contribution in [0.4, 0.5) is 0 Å². The Kier molecular flexibility index (Phi) is 7.95. The van der Waals surface area contributed by atoms with Crippen LogP contribution in [0, 0.1) is 0 Å². The zero-order chi connectivity index (χ0) is 23.4. The number of halogens is 1. The second-order valence-electron chi connectivity index (χ2n) is 8.19. The van der Waals surface area contributed by atoms with E-state index in [0.717, 1.165) is 11.1 Å². The fourth-order valence-corrected chi connectivity index (χ4v) is 5.83. The predicted octanol–water partition coefficient (Wildman–Crippen LogP) is 3.80. The minimum absolute atomic E-state index is 0.167. The first kappa shape index (κ1) is 24.7. The van der Waals surface area contributed by atoms with Crippen LogP contribution in [0.5, 0.6) is 0 Å². The van der Waals surface area contributed by atoms with Crippen molar-refractivity contribution in [2.75, 3.05) is 13.1 Å². The third-order valence-corrected chi connectivity index (χ3v) is 7.88. The van der Waals surface area contributed by atoms with Gasteiger partial charge >= 0.3 is 5.97 Å². The van der Waals surface area contributed by atoms with Gasteiger partial charge in [-0.15, -0.1) is 0 Å². The molecule has 1 unspecified atom stereocenters. The normalized spacial score (nSPS) is 20.0. The van der Waals surface area contributed by atoms with Gasteiger partial charge in [-0.3, -0.25) is 4.79 Å². The van der Waals surface area contributed by atoms with E-state index in [4.69, 9.17) is 16.3 Å². The first-order valence-electron chi connectivity index (χ1n) is 10.6. The van der Waals surface area contributed by atoms with Crippen molar-refractivity contribution in [1.29, 1.82) is 0 Å². The zero-order valence-electron chi connectivity index (χ0n) is 18.2. The first-order chi connectivity index (χ1) is 15.2. The van der Waals surface area contributed by atoms with Crippen LogP contribution in [0.3, 0.4) is 0 Å². The van der Waals surface area contributed by atoms with Gasteiger partial charge in [-0.1, -0.05) is 61.0 Å². The molecule has 1 heterocycles. The number of carboxylic acid groups (broad SMARTS) is 1. The van der Waals surface area contributed by atoms with Crippen molar-refractivity contribution in [2.45, 2.75) is 50.9 Å². The Morgan fingerprint density at radius 1 is 1.25 bits per heavy atom. The van der Waals surface area contributed by atoms with Crippen LogP contribution in [-0.4, -0.2) is 48.5 Å². The van der Waals surface area contributed by atoms with Crippen molar-refractivity contribution in [1.82, 2.24) is 9.03 Å². The van der Waals surface area contributed by atoms with Gasteiger partial charge in [0.2, 0.25) is 0 Å². The van der Waals surface area contributed by atoms with Gasteiger partial charge in [-0.2, -0.15) is 17.4 Å². The summed E-state index contributed by atoms with van der Waals surface area (Å²) in [6.07, 6.45) is 0.727. The maximum absolute atomic E-state index is 13.1. The molecule has 1 aliphatic heterocycles. The average molecular weight is 481 g/mol. The molecule has 2 aromatic rings. The molecular formula is C23H29ClN2O5S. The lowest BCUT2D eigenvalue weighted by atomic mass is 9.79. The van der Waals surface area contributed by atoms with E-state index in [1.54, 1.807) is 12.1 Å². The van der Waals surface area contributed by atoms with E-state index in [1.165, 1.54) is 11.2 Å². The van der Waals surface area contributed by atoms with Gasteiger partial charge in [0.1, 0.15) is 5.54 Å². The van der Waals surface area contributed by atoms with Crippen molar-refractivity contribution in [3.63, 3.8) is 0 Å². The zero-order valence-corrected chi connectivity index (χ0v) is 19.8. The summed E-state index contributed by atoms with van der Waals surface area (Å²) in [5.41, 5.74) is 0.0196. The molecule has 2 aromatic carbocycles. The van der Waals surface area contributed by atoms with E-state index in [-0.39, 0.29) is 19.2 Å². The number of ether oxygens (including phenoxy) is 1. The third-order valence-electron chi connectivity index (χ3n) is 5.94. The molecule has 2 N–H and O–H groups in total. The highest BCUT2D eigenvalue weighted by atomic mass is 35.5. The summed E-state index contributed by atoms with van der Waals surface area (Å²) in [4.78, 5) is 12.3. The molecular weight excluding hydrogens is 452 g/mol. The second kappa shape index (κ2) is 10.3. The molecule has 0 spiro atoms. The molecule has 0 saturated carbocycles. The summed E-state index contributed by atoms with van der Waals surface area (Å²) in [6.45, 7) is 4.06. The highest BCUT2D eigenvalue weighted by Crippen LogP contribution is 2.33. The molecule has 7 nitrogen and oxygen atoms in total. The van der Waals surface area contributed by atoms with Crippen LogP contribution in [0.25, 0.3) is 0 Å². The summed E-state index contributed by atoms with van der Waals surface area (Å²) in [5, 5.41) is 10.6. The minimum atomic E-state index is -4.04. The van der Waals surface area contributed by atoms with Crippen LogP contribution < -0.4 is 4.72 Å². The van der Waals surface area contributed by atoms with Crippen LogP contribution in [0.2, 0.25) is 5.02 Å². The lowest BCUT2D eigenvalue weighted by Gasteiger charge is -2.35. The Balaban J connectivity index is 1.69. The van der Waals surface area contributed by atoms with Crippen LogP contribution in [0.15, 0.2) is 54.6 Å². The molecule has 9 heteroatoms. The predicted molar refractivity (Wildman–Crippen MR) is 124 cm³/mol. The molecule has 3 rings (SSSR count). The summed E-state index contributed by atoms with van der Waals surface area (Å²) in [7, 11) is -4.04. The number of nitrogens with zero attached hydrogens (tertiary/aromatic N) is 1. The average Bonchev–Trinajstić information content (AvgIpc) is 3.24. The number of aliphatic carboxylic acids is 1. The number of carboxylic acids is 1. The Morgan fingerprint density at radius 2 is 1.91 bits per heavy atom. The number of rotatable bonds is 10. The Bertz CT molecular complexity index is 1020. The fourth-order valence-electron chi connectivity index (χ4n) is 4.11. The lowest BCUT2D eigenvalue weighted by molar-refractivity contribution is -0.144. The van der Waals surface area contributed by atoms with Crippen LogP contribution in [0.1, 0.15) is 43.7 Å². The number of hydrogen-bond acceptors (Lipinski definition) is 4. The van der Waals surface area contributed by atoms with Gasteiger partial charge in [0, 0.05) is 24.0 Å².